The molecule has 0 saturated carbocycles. The van der Waals surface area contributed by atoms with E-state index in [1.807, 2.05) is 30.3 Å². The van der Waals surface area contributed by atoms with Gasteiger partial charge in [-0.3, -0.25) is 9.59 Å². The number of rotatable bonds is 5. The van der Waals surface area contributed by atoms with Crippen LogP contribution in [0.2, 0.25) is 5.02 Å². The summed E-state index contributed by atoms with van der Waals surface area (Å²) in [4.78, 5) is 23.5. The Labute approximate surface area is 162 Å². The van der Waals surface area contributed by atoms with Gasteiger partial charge in [-0.05, 0) is 47.5 Å². The molecule has 0 bridgehead atoms. The number of fused-ring (bicyclic) bond motifs is 1. The Morgan fingerprint density at radius 3 is 2.70 bits per heavy atom. The van der Waals surface area contributed by atoms with E-state index in [2.05, 4.69) is 10.6 Å². The summed E-state index contributed by atoms with van der Waals surface area (Å²) in [5.74, 6) is 0.477. The number of anilines is 1. The lowest BCUT2D eigenvalue weighted by Crippen LogP contribution is -2.19. The summed E-state index contributed by atoms with van der Waals surface area (Å²) >= 11 is 6.00. The highest BCUT2D eigenvalue weighted by Gasteiger charge is 2.10. The molecule has 1 aliphatic rings. The molecule has 0 aliphatic carbocycles. The van der Waals surface area contributed by atoms with Gasteiger partial charge in [0.1, 0.15) is 12.4 Å². The van der Waals surface area contributed by atoms with Crippen molar-refractivity contribution < 1.29 is 14.3 Å². The van der Waals surface area contributed by atoms with Crippen molar-refractivity contribution in [2.24, 2.45) is 0 Å². The maximum atomic E-state index is 12.1. The number of nitrogens with one attached hydrogen (secondary N) is 2. The first-order chi connectivity index (χ1) is 13.0. The monoisotopic (exact) mass is 382 g/mol. The summed E-state index contributed by atoms with van der Waals surface area (Å²) in [5.41, 5.74) is 3.31. The van der Waals surface area contributed by atoms with Crippen LogP contribution in [-0.2, 0) is 16.0 Å². The summed E-state index contributed by atoms with van der Waals surface area (Å²) < 4.78 is 5.65. The summed E-state index contributed by atoms with van der Waals surface area (Å²) in [6.45, 7) is 0.395. The Morgan fingerprint density at radius 2 is 1.96 bits per heavy atom. The highest BCUT2D eigenvalue weighted by molar-refractivity contribution is 6.30. The number of hydrogen-bond acceptors (Lipinski definition) is 3. The molecular formula is C21H19ClN2O3. The third-order valence-corrected chi connectivity index (χ3v) is 4.26. The Kier molecular flexibility index (Phi) is 5.94. The van der Waals surface area contributed by atoms with Crippen molar-refractivity contribution in [2.45, 2.75) is 6.42 Å². The van der Waals surface area contributed by atoms with Gasteiger partial charge in [-0.1, -0.05) is 29.8 Å². The molecule has 5 nitrogen and oxygen atoms in total. The van der Waals surface area contributed by atoms with Crippen LogP contribution < -0.4 is 15.4 Å². The molecule has 6 heteroatoms. The predicted octanol–water partition coefficient (Wildman–Crippen LogP) is 3.60. The smallest absolute Gasteiger partial charge is 0.248 e. The number of ether oxygens (including phenoxy) is 1. The molecular weight excluding hydrogens is 364 g/mol. The highest BCUT2D eigenvalue weighted by Crippen LogP contribution is 2.29. The van der Waals surface area contributed by atoms with E-state index in [1.165, 1.54) is 6.08 Å². The van der Waals surface area contributed by atoms with Gasteiger partial charge in [-0.2, -0.15) is 0 Å². The van der Waals surface area contributed by atoms with Crippen LogP contribution in [0.25, 0.3) is 6.08 Å². The van der Waals surface area contributed by atoms with E-state index in [9.17, 15) is 9.59 Å². The second-order valence-electron chi connectivity index (χ2n) is 6.06. The van der Waals surface area contributed by atoms with Crippen LogP contribution in [-0.4, -0.2) is 25.5 Å². The Balaban J connectivity index is 1.60. The molecule has 2 aromatic rings. The summed E-state index contributed by atoms with van der Waals surface area (Å²) in [7, 11) is 1.60. The molecule has 1 aliphatic heterocycles. The third kappa shape index (κ3) is 5.21. The molecule has 2 N–H and O–H groups in total. The van der Waals surface area contributed by atoms with E-state index in [0.29, 0.717) is 23.7 Å². The van der Waals surface area contributed by atoms with Crippen molar-refractivity contribution in [3.8, 4) is 5.75 Å². The fourth-order valence-electron chi connectivity index (χ4n) is 2.61. The number of benzene rings is 2. The van der Waals surface area contributed by atoms with Crippen molar-refractivity contribution in [2.75, 3.05) is 19.0 Å². The zero-order valence-electron chi connectivity index (χ0n) is 14.8. The zero-order valence-corrected chi connectivity index (χ0v) is 15.5. The van der Waals surface area contributed by atoms with Gasteiger partial charge in [0.15, 0.2) is 0 Å². The van der Waals surface area contributed by atoms with Gasteiger partial charge in [0.25, 0.3) is 0 Å². The molecule has 0 saturated heterocycles. The molecule has 3 rings (SSSR count). The lowest BCUT2D eigenvalue weighted by atomic mass is 10.1. The van der Waals surface area contributed by atoms with Crippen LogP contribution in [0, 0.1) is 0 Å². The normalized spacial score (nSPS) is 12.7. The topological polar surface area (TPSA) is 67.4 Å². The minimum absolute atomic E-state index is 0.0550. The standard InChI is InChI=1S/C21H19ClN2O3/c1-23-21(26)11-14-2-6-18(7-3-14)24-20(25)9-4-15-10-16-12-17(22)5-8-19(16)27-13-15/h2-10,12H,11,13H2,1H3,(H,23,26)(H,24,25)/b9-4+. The van der Waals surface area contributed by atoms with Gasteiger partial charge in [0.05, 0.1) is 6.42 Å². The largest absolute Gasteiger partial charge is 0.488 e. The minimum Gasteiger partial charge on any atom is -0.488 e. The third-order valence-electron chi connectivity index (χ3n) is 4.02. The number of likely N-dealkylation sites (N-methyl/N-ethyl adjacent to an activating group) is 1. The minimum atomic E-state index is -0.244. The SMILES string of the molecule is CNC(=O)Cc1ccc(NC(=O)/C=C/C2=Cc3cc(Cl)ccc3OC2)cc1. The molecule has 0 fully saturated rings. The molecule has 0 unspecified atom stereocenters. The lowest BCUT2D eigenvalue weighted by Gasteiger charge is -2.16. The van der Waals surface area contributed by atoms with Gasteiger partial charge in [0, 0.05) is 29.4 Å². The number of carbonyl (C=O) groups excluding carboxylic acids is 2. The van der Waals surface area contributed by atoms with Gasteiger partial charge in [-0.15, -0.1) is 0 Å². The molecule has 27 heavy (non-hydrogen) atoms. The maximum Gasteiger partial charge on any atom is 0.248 e. The van der Waals surface area contributed by atoms with Gasteiger partial charge in [-0.25, -0.2) is 0 Å². The summed E-state index contributed by atoms with van der Waals surface area (Å²) in [6, 6.07) is 12.6. The van der Waals surface area contributed by atoms with Gasteiger partial charge < -0.3 is 15.4 Å². The average molecular weight is 383 g/mol. The summed E-state index contributed by atoms with van der Waals surface area (Å²) in [5, 5.41) is 6.00. The van der Waals surface area contributed by atoms with Crippen LogP contribution >= 0.6 is 11.6 Å². The number of amides is 2. The number of carbonyl (C=O) groups is 2. The maximum absolute atomic E-state index is 12.1. The van der Waals surface area contributed by atoms with E-state index in [1.54, 1.807) is 31.3 Å². The van der Waals surface area contributed by atoms with Gasteiger partial charge >= 0.3 is 0 Å². The molecule has 138 valence electrons. The molecule has 0 aromatic heterocycles. The number of hydrogen-bond donors (Lipinski definition) is 2. The molecule has 0 radical (unpaired) electrons. The highest BCUT2D eigenvalue weighted by atomic mass is 35.5. The lowest BCUT2D eigenvalue weighted by molar-refractivity contribution is -0.120. The van der Waals surface area contributed by atoms with Crippen molar-refractivity contribution in [3.05, 3.63) is 76.3 Å². The quantitative estimate of drug-likeness (QED) is 0.776. The van der Waals surface area contributed by atoms with Crippen LogP contribution in [0.5, 0.6) is 5.75 Å². The zero-order chi connectivity index (χ0) is 19.2. The predicted molar refractivity (Wildman–Crippen MR) is 107 cm³/mol. The first-order valence-corrected chi connectivity index (χ1v) is 8.83. The molecule has 2 amide bonds. The molecule has 2 aromatic carbocycles. The van der Waals surface area contributed by atoms with Crippen molar-refractivity contribution in [3.63, 3.8) is 0 Å². The Morgan fingerprint density at radius 1 is 1.19 bits per heavy atom. The van der Waals surface area contributed by atoms with Crippen LogP contribution in [0.15, 0.2) is 60.2 Å². The Bertz CT molecular complexity index is 918. The molecule has 0 atom stereocenters. The molecule has 0 spiro atoms. The fraction of sp³-hybridized carbons (Fsp3) is 0.143. The second kappa shape index (κ2) is 8.56. The second-order valence-corrected chi connectivity index (χ2v) is 6.50. The van der Waals surface area contributed by atoms with Crippen molar-refractivity contribution in [1.82, 2.24) is 5.32 Å². The first-order valence-electron chi connectivity index (χ1n) is 8.45. The van der Waals surface area contributed by atoms with Crippen LogP contribution in [0.4, 0.5) is 5.69 Å². The van der Waals surface area contributed by atoms with Crippen molar-refractivity contribution >= 4 is 35.2 Å². The van der Waals surface area contributed by atoms with Crippen molar-refractivity contribution in [1.29, 1.82) is 0 Å². The average Bonchev–Trinajstić information content (AvgIpc) is 2.67. The van der Waals surface area contributed by atoms with Crippen LogP contribution in [0.3, 0.4) is 0 Å². The fourth-order valence-corrected chi connectivity index (χ4v) is 2.79. The van der Waals surface area contributed by atoms with E-state index in [4.69, 9.17) is 16.3 Å². The first kappa shape index (κ1) is 18.7. The van der Waals surface area contributed by atoms with E-state index in [0.717, 1.165) is 22.4 Å². The molecule has 1 heterocycles. The Hall–Kier alpha value is -3.05. The van der Waals surface area contributed by atoms with Gasteiger partial charge in [0.2, 0.25) is 11.8 Å². The van der Waals surface area contributed by atoms with Crippen LogP contribution in [0.1, 0.15) is 11.1 Å². The number of halogens is 1. The van der Waals surface area contributed by atoms with E-state index >= 15 is 0 Å². The summed E-state index contributed by atoms with van der Waals surface area (Å²) in [6.07, 6.45) is 5.44. The van der Waals surface area contributed by atoms with E-state index in [-0.39, 0.29) is 11.8 Å². The van der Waals surface area contributed by atoms with E-state index < -0.39 is 0 Å².